The molecule has 0 N–H and O–H groups in total. The number of rotatable bonds is 6. The number of methoxy groups -OCH3 is 1. The number of hydrogen-bond acceptors (Lipinski definition) is 4. The normalized spacial score (nSPS) is 15.0. The maximum atomic E-state index is 12.6. The van der Waals surface area contributed by atoms with Gasteiger partial charge in [0.1, 0.15) is 12.4 Å². The first-order valence-corrected chi connectivity index (χ1v) is 10.2. The lowest BCUT2D eigenvalue weighted by molar-refractivity contribution is -0.141. The number of carbonyl (C=O) groups excluding carboxylic acids is 2. The Morgan fingerprint density at radius 2 is 1.77 bits per heavy atom. The van der Waals surface area contributed by atoms with Gasteiger partial charge in [-0.3, -0.25) is 9.59 Å². The summed E-state index contributed by atoms with van der Waals surface area (Å²) in [5, 5.41) is 0. The molecule has 1 amide bonds. The van der Waals surface area contributed by atoms with Crippen LogP contribution in [0.3, 0.4) is 0 Å². The molecule has 0 saturated carbocycles. The minimum Gasteiger partial charge on any atom is -0.489 e. The molecule has 1 atom stereocenters. The van der Waals surface area contributed by atoms with Crippen LogP contribution in [0, 0.1) is 6.92 Å². The van der Waals surface area contributed by atoms with Crippen molar-refractivity contribution in [2.75, 3.05) is 14.2 Å². The Morgan fingerprint density at radius 1 is 1.00 bits per heavy atom. The molecule has 3 aromatic carbocycles. The van der Waals surface area contributed by atoms with Crippen LogP contribution in [0.5, 0.6) is 5.75 Å². The van der Waals surface area contributed by atoms with Crippen molar-refractivity contribution in [2.24, 2.45) is 0 Å². The minimum absolute atomic E-state index is 0.115. The van der Waals surface area contributed by atoms with Crippen molar-refractivity contribution in [1.82, 2.24) is 4.90 Å². The molecule has 0 radical (unpaired) electrons. The molecule has 0 bridgehead atoms. The van der Waals surface area contributed by atoms with E-state index in [4.69, 9.17) is 9.47 Å². The van der Waals surface area contributed by atoms with Gasteiger partial charge in [-0.2, -0.15) is 0 Å². The van der Waals surface area contributed by atoms with Gasteiger partial charge in [0, 0.05) is 12.6 Å². The maximum absolute atomic E-state index is 12.6. The van der Waals surface area contributed by atoms with Crippen LogP contribution in [0.2, 0.25) is 0 Å². The van der Waals surface area contributed by atoms with Crippen molar-refractivity contribution >= 4 is 11.9 Å². The van der Waals surface area contributed by atoms with E-state index in [1.54, 1.807) is 18.0 Å². The number of fused-ring (bicyclic) bond motifs is 1. The molecule has 1 unspecified atom stereocenters. The lowest BCUT2D eigenvalue weighted by Gasteiger charge is -2.19. The molecule has 0 spiro atoms. The van der Waals surface area contributed by atoms with Crippen LogP contribution in [0.1, 0.15) is 39.5 Å². The van der Waals surface area contributed by atoms with Crippen molar-refractivity contribution in [1.29, 1.82) is 0 Å². The van der Waals surface area contributed by atoms with Crippen LogP contribution < -0.4 is 4.74 Å². The summed E-state index contributed by atoms with van der Waals surface area (Å²) in [5.41, 5.74) is 5.97. The van der Waals surface area contributed by atoms with Gasteiger partial charge < -0.3 is 14.4 Å². The van der Waals surface area contributed by atoms with Crippen molar-refractivity contribution < 1.29 is 19.1 Å². The average Bonchev–Trinajstić information content (AvgIpc) is 3.02. The van der Waals surface area contributed by atoms with E-state index < -0.39 is 0 Å². The largest absolute Gasteiger partial charge is 0.489 e. The van der Waals surface area contributed by atoms with Gasteiger partial charge in [-0.1, -0.05) is 54.1 Å². The Labute approximate surface area is 182 Å². The third-order valence-electron chi connectivity index (χ3n) is 5.71. The van der Waals surface area contributed by atoms with E-state index in [1.165, 1.54) is 12.7 Å². The summed E-state index contributed by atoms with van der Waals surface area (Å²) in [6.45, 7) is 2.47. The first-order valence-electron chi connectivity index (χ1n) is 10.2. The fourth-order valence-corrected chi connectivity index (χ4v) is 3.88. The molecule has 1 aliphatic rings. The summed E-state index contributed by atoms with van der Waals surface area (Å²) in [7, 11) is 3.05. The van der Waals surface area contributed by atoms with Crippen LogP contribution in [0.15, 0.2) is 66.7 Å². The Morgan fingerprint density at radius 3 is 2.52 bits per heavy atom. The highest BCUT2D eigenvalue weighted by molar-refractivity contribution is 6.00. The van der Waals surface area contributed by atoms with E-state index in [-0.39, 0.29) is 24.3 Å². The van der Waals surface area contributed by atoms with Gasteiger partial charge in [0.15, 0.2) is 0 Å². The number of ether oxygens (including phenoxy) is 2. The maximum Gasteiger partial charge on any atom is 0.307 e. The number of carbonyl (C=O) groups is 2. The molecule has 0 aliphatic carbocycles. The smallest absolute Gasteiger partial charge is 0.307 e. The van der Waals surface area contributed by atoms with Crippen molar-refractivity contribution in [3.8, 4) is 16.9 Å². The Kier molecular flexibility index (Phi) is 5.76. The Hall–Kier alpha value is -3.60. The highest BCUT2D eigenvalue weighted by Crippen LogP contribution is 2.37. The quantitative estimate of drug-likeness (QED) is 0.536. The zero-order chi connectivity index (χ0) is 22.0. The molecule has 5 nitrogen and oxygen atoms in total. The van der Waals surface area contributed by atoms with Crippen LogP contribution >= 0.6 is 0 Å². The molecule has 1 aliphatic heterocycles. The van der Waals surface area contributed by atoms with E-state index in [0.717, 1.165) is 22.3 Å². The number of amides is 1. The van der Waals surface area contributed by atoms with E-state index in [9.17, 15) is 9.59 Å². The summed E-state index contributed by atoms with van der Waals surface area (Å²) < 4.78 is 10.8. The van der Waals surface area contributed by atoms with Crippen molar-refractivity contribution in [3.63, 3.8) is 0 Å². The summed E-state index contributed by atoms with van der Waals surface area (Å²) in [6.07, 6.45) is 0.137. The lowest BCUT2D eigenvalue weighted by atomic mass is 10.0. The number of nitrogens with zero attached hydrogens (tertiary/aromatic N) is 1. The summed E-state index contributed by atoms with van der Waals surface area (Å²) in [4.78, 5) is 25.9. The SMILES string of the molecule is COC(=O)CC1c2ccc(OCc3cccc(-c4ccc(C)cc4)c3)cc2C(=O)N1C. The van der Waals surface area contributed by atoms with Gasteiger partial charge in [-0.25, -0.2) is 0 Å². The Balaban J connectivity index is 1.49. The summed E-state index contributed by atoms with van der Waals surface area (Å²) in [5.74, 6) is 0.168. The van der Waals surface area contributed by atoms with Gasteiger partial charge in [0.2, 0.25) is 0 Å². The standard InChI is InChI=1S/C26H25NO4/c1-17-7-9-19(10-8-17)20-6-4-5-18(13-20)16-31-21-11-12-22-23(14-21)26(29)27(2)24(22)15-25(28)30-3/h4-14,24H,15-16H2,1-3H3. The van der Waals surface area contributed by atoms with E-state index in [0.29, 0.717) is 17.9 Å². The summed E-state index contributed by atoms with van der Waals surface area (Å²) in [6, 6.07) is 21.8. The van der Waals surface area contributed by atoms with Crippen molar-refractivity contribution in [2.45, 2.75) is 26.0 Å². The van der Waals surface area contributed by atoms with E-state index in [1.807, 2.05) is 24.3 Å². The molecular weight excluding hydrogens is 390 g/mol. The van der Waals surface area contributed by atoms with Gasteiger partial charge in [0.05, 0.1) is 19.6 Å². The lowest BCUT2D eigenvalue weighted by Crippen LogP contribution is -2.25. The predicted octanol–water partition coefficient (Wildman–Crippen LogP) is 4.93. The summed E-state index contributed by atoms with van der Waals surface area (Å²) >= 11 is 0. The molecule has 1 heterocycles. The second-order valence-electron chi connectivity index (χ2n) is 7.82. The molecule has 0 fully saturated rings. The predicted molar refractivity (Wildman–Crippen MR) is 119 cm³/mol. The van der Waals surface area contributed by atoms with Crippen LogP contribution in [-0.4, -0.2) is 30.9 Å². The fourth-order valence-electron chi connectivity index (χ4n) is 3.88. The average molecular weight is 415 g/mol. The molecule has 158 valence electrons. The van der Waals surface area contributed by atoms with Gasteiger partial charge in [-0.05, 0) is 47.4 Å². The molecule has 0 saturated heterocycles. The first kappa shape index (κ1) is 20.7. The first-order chi connectivity index (χ1) is 15.0. The van der Waals surface area contributed by atoms with Gasteiger partial charge in [0.25, 0.3) is 5.91 Å². The van der Waals surface area contributed by atoms with Gasteiger partial charge in [-0.15, -0.1) is 0 Å². The van der Waals surface area contributed by atoms with Crippen LogP contribution in [0.4, 0.5) is 0 Å². The topological polar surface area (TPSA) is 55.8 Å². The highest BCUT2D eigenvalue weighted by atomic mass is 16.5. The fraction of sp³-hybridized carbons (Fsp3) is 0.231. The highest BCUT2D eigenvalue weighted by Gasteiger charge is 2.36. The molecule has 4 rings (SSSR count). The zero-order valence-electron chi connectivity index (χ0n) is 17.9. The van der Waals surface area contributed by atoms with E-state index >= 15 is 0 Å². The van der Waals surface area contributed by atoms with Crippen molar-refractivity contribution in [3.05, 3.63) is 89.0 Å². The molecule has 0 aromatic heterocycles. The monoisotopic (exact) mass is 415 g/mol. The molecule has 3 aromatic rings. The minimum atomic E-state index is -0.341. The second-order valence-corrected chi connectivity index (χ2v) is 7.82. The zero-order valence-corrected chi connectivity index (χ0v) is 17.9. The van der Waals surface area contributed by atoms with E-state index in [2.05, 4.69) is 43.3 Å². The molecular formula is C26H25NO4. The number of hydrogen-bond donors (Lipinski definition) is 0. The van der Waals surface area contributed by atoms with Gasteiger partial charge >= 0.3 is 5.97 Å². The Bertz CT molecular complexity index is 1120. The number of esters is 1. The molecule has 31 heavy (non-hydrogen) atoms. The second kappa shape index (κ2) is 8.64. The molecule has 5 heteroatoms. The third kappa shape index (κ3) is 4.31. The van der Waals surface area contributed by atoms with Crippen LogP contribution in [0.25, 0.3) is 11.1 Å². The number of aryl methyl sites for hydroxylation is 1. The third-order valence-corrected chi connectivity index (χ3v) is 5.71. The van der Waals surface area contributed by atoms with Crippen LogP contribution in [-0.2, 0) is 16.1 Å². The number of benzene rings is 3.